The molecular formula is C5H7O. The first-order valence-corrected chi connectivity index (χ1v) is 1.72. The molecule has 0 rings (SSSR count). The summed E-state index contributed by atoms with van der Waals surface area (Å²) in [4.78, 5) is 0. The zero-order chi connectivity index (χ0) is 4.83. The van der Waals surface area contributed by atoms with Gasteiger partial charge in [-0.3, -0.25) is 0 Å². The van der Waals surface area contributed by atoms with Crippen LogP contribution in [0.1, 0.15) is 0 Å². The number of allylic oxidation sites excluding steroid dienone is 2. The molecule has 0 atom stereocenters. The Kier molecular flexibility index (Phi) is 4.03. The SMILES string of the molecule is [CH]=C/C=C/CO. The van der Waals surface area contributed by atoms with Gasteiger partial charge >= 0.3 is 0 Å². The second kappa shape index (κ2) is 4.44. The van der Waals surface area contributed by atoms with Crippen LogP contribution in [0.2, 0.25) is 0 Å². The molecule has 1 heteroatoms. The molecule has 1 nitrogen and oxygen atoms in total. The Balaban J connectivity index is 2.94. The van der Waals surface area contributed by atoms with E-state index in [4.69, 9.17) is 11.7 Å². The molecule has 0 amide bonds. The summed E-state index contributed by atoms with van der Waals surface area (Å²) in [6.45, 7) is 4.95. The Labute approximate surface area is 37.6 Å². The number of aliphatic hydroxyl groups is 1. The fourth-order valence-electron chi connectivity index (χ4n) is 0.139. The quantitative estimate of drug-likeness (QED) is 0.483. The molecule has 0 bridgehead atoms. The van der Waals surface area contributed by atoms with Crippen molar-refractivity contribution in [2.45, 2.75) is 0 Å². The van der Waals surface area contributed by atoms with Gasteiger partial charge in [0.2, 0.25) is 0 Å². The van der Waals surface area contributed by atoms with Crippen LogP contribution in [0.15, 0.2) is 18.2 Å². The Morgan fingerprint density at radius 1 is 1.67 bits per heavy atom. The number of hydrogen-bond donors (Lipinski definition) is 1. The molecule has 33 valence electrons. The average molecular weight is 83.1 g/mol. The first-order valence-electron chi connectivity index (χ1n) is 1.72. The van der Waals surface area contributed by atoms with Crippen LogP contribution in [0.4, 0.5) is 0 Å². The highest BCUT2D eigenvalue weighted by atomic mass is 16.2. The van der Waals surface area contributed by atoms with Gasteiger partial charge in [0.25, 0.3) is 0 Å². The molecule has 0 saturated heterocycles. The van der Waals surface area contributed by atoms with E-state index in [1.807, 2.05) is 0 Å². The summed E-state index contributed by atoms with van der Waals surface area (Å²) in [7, 11) is 0. The van der Waals surface area contributed by atoms with Crippen LogP contribution in [0.5, 0.6) is 0 Å². The molecule has 0 unspecified atom stereocenters. The minimum absolute atomic E-state index is 0.0632. The highest BCUT2D eigenvalue weighted by Crippen LogP contribution is 1.66. The Hall–Kier alpha value is -0.560. The molecule has 0 aromatic carbocycles. The van der Waals surface area contributed by atoms with Crippen molar-refractivity contribution in [3.8, 4) is 0 Å². The van der Waals surface area contributed by atoms with Gasteiger partial charge in [0, 0.05) is 0 Å². The molecule has 0 aliphatic rings. The van der Waals surface area contributed by atoms with Crippen LogP contribution < -0.4 is 0 Å². The molecule has 1 radical (unpaired) electrons. The van der Waals surface area contributed by atoms with E-state index in [1.54, 1.807) is 12.2 Å². The number of aliphatic hydroxyl groups excluding tert-OH is 1. The third-order valence-electron chi connectivity index (χ3n) is 0.353. The maximum atomic E-state index is 8.04. The number of rotatable bonds is 2. The van der Waals surface area contributed by atoms with Crippen molar-refractivity contribution in [1.29, 1.82) is 0 Å². The van der Waals surface area contributed by atoms with Gasteiger partial charge in [-0.25, -0.2) is 0 Å². The average Bonchev–Trinajstić information content (AvgIpc) is 1.61. The lowest BCUT2D eigenvalue weighted by atomic mass is 10.5. The minimum Gasteiger partial charge on any atom is -0.392 e. The van der Waals surface area contributed by atoms with Crippen molar-refractivity contribution in [2.24, 2.45) is 0 Å². The van der Waals surface area contributed by atoms with Gasteiger partial charge in [-0.1, -0.05) is 24.8 Å². The van der Waals surface area contributed by atoms with Crippen molar-refractivity contribution in [3.63, 3.8) is 0 Å². The van der Waals surface area contributed by atoms with E-state index in [-0.39, 0.29) is 6.61 Å². The highest BCUT2D eigenvalue weighted by Gasteiger charge is 1.55. The van der Waals surface area contributed by atoms with Gasteiger partial charge in [-0.15, -0.1) is 0 Å². The lowest BCUT2D eigenvalue weighted by Crippen LogP contribution is -1.66. The van der Waals surface area contributed by atoms with E-state index in [0.717, 1.165) is 0 Å². The first kappa shape index (κ1) is 5.44. The highest BCUT2D eigenvalue weighted by molar-refractivity contribution is 4.94. The molecule has 6 heavy (non-hydrogen) atoms. The summed E-state index contributed by atoms with van der Waals surface area (Å²) < 4.78 is 0. The molecule has 0 fully saturated rings. The predicted molar refractivity (Wildman–Crippen MR) is 25.1 cm³/mol. The van der Waals surface area contributed by atoms with E-state index < -0.39 is 0 Å². The smallest absolute Gasteiger partial charge is 0.0615 e. The topological polar surface area (TPSA) is 20.2 Å². The molecule has 1 N–H and O–H groups in total. The van der Waals surface area contributed by atoms with E-state index >= 15 is 0 Å². The molecule has 0 saturated carbocycles. The van der Waals surface area contributed by atoms with E-state index in [9.17, 15) is 0 Å². The maximum absolute atomic E-state index is 8.04. The Bertz CT molecular complexity index is 55.0. The van der Waals surface area contributed by atoms with Crippen molar-refractivity contribution in [3.05, 3.63) is 24.8 Å². The summed E-state index contributed by atoms with van der Waals surface area (Å²) in [5, 5.41) is 8.04. The zero-order valence-electron chi connectivity index (χ0n) is 3.46. The fourth-order valence-corrected chi connectivity index (χ4v) is 0.139. The summed E-state index contributed by atoms with van der Waals surface area (Å²) >= 11 is 0. The summed E-state index contributed by atoms with van der Waals surface area (Å²) in [5.41, 5.74) is 0. The molecule has 0 aliphatic heterocycles. The van der Waals surface area contributed by atoms with Crippen molar-refractivity contribution < 1.29 is 5.11 Å². The van der Waals surface area contributed by atoms with Crippen LogP contribution >= 0.6 is 0 Å². The Morgan fingerprint density at radius 2 is 2.33 bits per heavy atom. The van der Waals surface area contributed by atoms with Crippen LogP contribution in [-0.2, 0) is 0 Å². The second-order valence-corrected chi connectivity index (χ2v) is 0.803. The minimum atomic E-state index is 0.0632. The Morgan fingerprint density at radius 3 is 2.50 bits per heavy atom. The largest absolute Gasteiger partial charge is 0.392 e. The van der Waals surface area contributed by atoms with Crippen LogP contribution in [0.3, 0.4) is 0 Å². The van der Waals surface area contributed by atoms with Crippen molar-refractivity contribution in [1.82, 2.24) is 0 Å². The monoisotopic (exact) mass is 83.0 g/mol. The zero-order valence-corrected chi connectivity index (χ0v) is 3.46. The third-order valence-corrected chi connectivity index (χ3v) is 0.353. The van der Waals surface area contributed by atoms with Crippen molar-refractivity contribution >= 4 is 0 Å². The molecule has 0 aliphatic carbocycles. The molecular weight excluding hydrogens is 76.1 g/mol. The second-order valence-electron chi connectivity index (χ2n) is 0.803. The van der Waals surface area contributed by atoms with E-state index in [2.05, 4.69) is 0 Å². The van der Waals surface area contributed by atoms with Gasteiger partial charge in [-0.2, -0.15) is 0 Å². The van der Waals surface area contributed by atoms with Crippen LogP contribution in [-0.4, -0.2) is 11.7 Å². The van der Waals surface area contributed by atoms with Crippen molar-refractivity contribution in [2.75, 3.05) is 6.61 Å². The summed E-state index contributed by atoms with van der Waals surface area (Å²) in [6.07, 6.45) is 4.51. The van der Waals surface area contributed by atoms with Gasteiger partial charge in [-0.05, 0) is 0 Å². The summed E-state index contributed by atoms with van der Waals surface area (Å²) in [5.74, 6) is 0. The predicted octanol–water partition coefficient (Wildman–Crippen LogP) is 0.524. The molecule has 0 spiro atoms. The lowest BCUT2D eigenvalue weighted by Gasteiger charge is -1.68. The van der Waals surface area contributed by atoms with E-state index in [0.29, 0.717) is 0 Å². The van der Waals surface area contributed by atoms with Gasteiger partial charge in [0.15, 0.2) is 0 Å². The van der Waals surface area contributed by atoms with Gasteiger partial charge in [0.05, 0.1) is 6.61 Å². The normalized spacial score (nSPS) is 9.50. The lowest BCUT2D eigenvalue weighted by molar-refractivity contribution is 0.343. The first-order chi connectivity index (χ1) is 2.91. The van der Waals surface area contributed by atoms with E-state index in [1.165, 1.54) is 6.08 Å². The standard InChI is InChI=1S/C5H7O/c1-2-3-4-5-6/h1-4,6H,5H2/b2-1?,4-3+. The van der Waals surface area contributed by atoms with Crippen LogP contribution in [0, 0.1) is 6.58 Å². The maximum Gasteiger partial charge on any atom is 0.0615 e. The molecule has 0 heterocycles. The van der Waals surface area contributed by atoms with Crippen LogP contribution in [0.25, 0.3) is 0 Å². The van der Waals surface area contributed by atoms with Gasteiger partial charge in [0.1, 0.15) is 0 Å². The fraction of sp³-hybridized carbons (Fsp3) is 0.200. The summed E-state index contributed by atoms with van der Waals surface area (Å²) in [6, 6.07) is 0. The molecule has 0 aromatic heterocycles. The third kappa shape index (κ3) is 3.44. The number of hydrogen-bond acceptors (Lipinski definition) is 1. The van der Waals surface area contributed by atoms with Gasteiger partial charge < -0.3 is 5.11 Å². The molecule has 0 aromatic rings.